The number of rotatable bonds is 11. The molecule has 1 N–H and O–H groups in total. The minimum atomic E-state index is -3.54. The van der Waals surface area contributed by atoms with Crippen molar-refractivity contribution < 1.29 is 17.9 Å². The molecule has 11 heteroatoms. The van der Waals surface area contributed by atoms with Crippen LogP contribution in [0, 0.1) is 11.3 Å². The summed E-state index contributed by atoms with van der Waals surface area (Å²) >= 11 is 12.1. The van der Waals surface area contributed by atoms with E-state index in [-0.39, 0.29) is 25.0 Å². The first kappa shape index (κ1) is 28.5. The third-order valence-corrected chi connectivity index (χ3v) is 7.88. The average Bonchev–Trinajstić information content (AvgIpc) is 2.86. The van der Waals surface area contributed by atoms with Gasteiger partial charge in [0.1, 0.15) is 25.0 Å². The highest BCUT2D eigenvalue weighted by molar-refractivity contribution is 7.93. The quantitative estimate of drug-likeness (QED) is 0.299. The van der Waals surface area contributed by atoms with Gasteiger partial charge in [-0.15, -0.1) is 11.6 Å². The number of halogens is 2. The van der Waals surface area contributed by atoms with Crippen molar-refractivity contribution in [2.45, 2.75) is 45.0 Å². The molecular weight excluding hydrogens is 535 g/mol. The summed E-state index contributed by atoms with van der Waals surface area (Å²) in [5.74, 6) is 1.24. The van der Waals surface area contributed by atoms with Gasteiger partial charge in [0.25, 0.3) is 0 Å². The number of anilines is 1. The molecule has 0 saturated carbocycles. The minimum Gasteiger partial charge on any atom is -0.489 e. The molecule has 8 nitrogen and oxygen atoms in total. The second kappa shape index (κ2) is 12.0. The van der Waals surface area contributed by atoms with Gasteiger partial charge in [-0.1, -0.05) is 37.6 Å². The maximum atomic E-state index is 12.1. The molecule has 1 heterocycles. The highest BCUT2D eigenvalue weighted by atomic mass is 35.5. The van der Waals surface area contributed by atoms with Gasteiger partial charge in [-0.25, -0.2) is 18.4 Å². The summed E-state index contributed by atoms with van der Waals surface area (Å²) in [5.41, 5.74) is 2.25. The Kier molecular flexibility index (Phi) is 9.24. The van der Waals surface area contributed by atoms with E-state index in [1.54, 1.807) is 32.0 Å². The van der Waals surface area contributed by atoms with E-state index in [4.69, 9.17) is 32.7 Å². The van der Waals surface area contributed by atoms with Crippen molar-refractivity contribution in [1.82, 2.24) is 9.97 Å². The molecule has 0 amide bonds. The van der Waals surface area contributed by atoms with Crippen LogP contribution < -0.4 is 14.2 Å². The smallest absolute Gasteiger partial charge is 0.237 e. The Labute approximate surface area is 227 Å². The van der Waals surface area contributed by atoms with Crippen LogP contribution in [-0.4, -0.2) is 36.1 Å². The van der Waals surface area contributed by atoms with E-state index >= 15 is 0 Å². The lowest BCUT2D eigenvalue weighted by atomic mass is 9.77. The van der Waals surface area contributed by atoms with E-state index < -0.39 is 20.7 Å². The molecule has 37 heavy (non-hydrogen) atoms. The third kappa shape index (κ3) is 7.04. The molecule has 0 radical (unpaired) electrons. The average molecular weight is 564 g/mol. The Balaban J connectivity index is 1.74. The van der Waals surface area contributed by atoms with Crippen molar-refractivity contribution in [3.05, 3.63) is 76.1 Å². The van der Waals surface area contributed by atoms with Gasteiger partial charge in [-0.05, 0) is 55.3 Å². The van der Waals surface area contributed by atoms with Crippen LogP contribution in [0.1, 0.15) is 50.1 Å². The molecule has 1 aromatic heterocycles. The van der Waals surface area contributed by atoms with Gasteiger partial charge in [0.05, 0.1) is 27.4 Å². The van der Waals surface area contributed by atoms with Crippen LogP contribution in [0.15, 0.2) is 48.7 Å². The van der Waals surface area contributed by atoms with Crippen molar-refractivity contribution in [3.63, 3.8) is 0 Å². The molecule has 0 spiro atoms. The summed E-state index contributed by atoms with van der Waals surface area (Å²) < 4.78 is 37.9. The molecule has 0 bridgehead atoms. The summed E-state index contributed by atoms with van der Waals surface area (Å²) in [6, 6.07) is 14.9. The van der Waals surface area contributed by atoms with E-state index in [2.05, 4.69) is 20.8 Å². The second-order valence-corrected chi connectivity index (χ2v) is 12.0. The normalized spacial score (nSPS) is 11.7. The van der Waals surface area contributed by atoms with Crippen molar-refractivity contribution in [3.8, 4) is 17.6 Å². The number of benzene rings is 2. The zero-order valence-corrected chi connectivity index (χ0v) is 23.3. The predicted octanol–water partition coefficient (Wildman–Crippen LogP) is 5.67. The molecule has 0 atom stereocenters. The fraction of sp³-hybridized carbons (Fsp3) is 0.346. The van der Waals surface area contributed by atoms with Gasteiger partial charge < -0.3 is 9.47 Å². The fourth-order valence-corrected chi connectivity index (χ4v) is 4.33. The molecule has 0 aliphatic rings. The maximum Gasteiger partial charge on any atom is 0.237 e. The molecule has 0 aliphatic heterocycles. The molecular formula is C26H28Cl2N4O4S. The summed E-state index contributed by atoms with van der Waals surface area (Å²) in [6.07, 6.45) is 1.47. The highest BCUT2D eigenvalue weighted by Gasteiger charge is 2.26. The van der Waals surface area contributed by atoms with Gasteiger partial charge in [0.2, 0.25) is 16.0 Å². The lowest BCUT2D eigenvalue weighted by Gasteiger charge is -2.27. The maximum absolute atomic E-state index is 12.1. The Morgan fingerprint density at radius 1 is 1.11 bits per heavy atom. The van der Waals surface area contributed by atoms with Crippen LogP contribution in [0.4, 0.5) is 5.95 Å². The number of hydrogen-bond donors (Lipinski definition) is 1. The number of nitrogens with one attached hydrogen (secondary N) is 1. The summed E-state index contributed by atoms with van der Waals surface area (Å²) in [6.45, 7) is 7.61. The predicted molar refractivity (Wildman–Crippen MR) is 145 cm³/mol. The van der Waals surface area contributed by atoms with E-state index in [0.717, 1.165) is 11.1 Å². The van der Waals surface area contributed by atoms with Crippen LogP contribution in [-0.2, 0) is 22.0 Å². The number of hydrogen-bond acceptors (Lipinski definition) is 7. The topological polar surface area (TPSA) is 114 Å². The Hall–Kier alpha value is -3.06. The second-order valence-electron chi connectivity index (χ2n) is 8.99. The number of nitriles is 1. The molecule has 0 saturated heterocycles. The lowest BCUT2D eigenvalue weighted by Crippen LogP contribution is -2.23. The van der Waals surface area contributed by atoms with E-state index in [1.165, 1.54) is 6.20 Å². The van der Waals surface area contributed by atoms with Gasteiger partial charge in [0.15, 0.2) is 5.75 Å². The minimum absolute atomic E-state index is 0.00127. The molecule has 196 valence electrons. The van der Waals surface area contributed by atoms with Crippen molar-refractivity contribution in [1.29, 1.82) is 5.26 Å². The first-order valence-corrected chi connectivity index (χ1v) is 13.9. The van der Waals surface area contributed by atoms with Crippen LogP contribution in [0.25, 0.3) is 0 Å². The van der Waals surface area contributed by atoms with Gasteiger partial charge in [0, 0.05) is 11.6 Å². The number of alkyl halides is 1. The zero-order chi connectivity index (χ0) is 27.2. The first-order valence-electron chi connectivity index (χ1n) is 11.5. The van der Waals surface area contributed by atoms with Gasteiger partial charge >= 0.3 is 0 Å². The Bertz CT molecular complexity index is 1390. The van der Waals surface area contributed by atoms with E-state index in [0.29, 0.717) is 27.8 Å². The monoisotopic (exact) mass is 562 g/mol. The fourth-order valence-electron chi connectivity index (χ4n) is 3.39. The molecule has 0 aliphatic carbocycles. The summed E-state index contributed by atoms with van der Waals surface area (Å²) in [7, 11) is -3.54. The van der Waals surface area contributed by atoms with Gasteiger partial charge in [-0.2, -0.15) is 5.26 Å². The number of sulfonamides is 1. The van der Waals surface area contributed by atoms with Crippen LogP contribution in [0.2, 0.25) is 5.02 Å². The van der Waals surface area contributed by atoms with Crippen LogP contribution in [0.3, 0.4) is 0 Å². The van der Waals surface area contributed by atoms with Crippen molar-refractivity contribution >= 4 is 39.2 Å². The summed E-state index contributed by atoms with van der Waals surface area (Å²) in [5, 5.41) is 9.35. The lowest BCUT2D eigenvalue weighted by molar-refractivity contribution is 0.301. The number of nitrogens with zero attached hydrogens (tertiary/aromatic N) is 3. The van der Waals surface area contributed by atoms with Crippen molar-refractivity contribution in [2.24, 2.45) is 0 Å². The molecule has 0 unspecified atom stereocenters. The highest BCUT2D eigenvalue weighted by Crippen LogP contribution is 2.38. The first-order chi connectivity index (χ1) is 17.5. The molecule has 3 rings (SSSR count). The SMILES string of the molecule is CC(C)S(=O)(=O)Nc1nccc(COc2ccc(C(C)(C)c3cc(Cl)c(OCCCl)c(C#N)c3)cc2)n1. The largest absolute Gasteiger partial charge is 0.489 e. The Morgan fingerprint density at radius 2 is 1.81 bits per heavy atom. The van der Waals surface area contributed by atoms with E-state index in [1.807, 2.05) is 38.1 Å². The van der Waals surface area contributed by atoms with Crippen molar-refractivity contribution in [2.75, 3.05) is 17.2 Å². The zero-order valence-electron chi connectivity index (χ0n) is 21.0. The van der Waals surface area contributed by atoms with Crippen LogP contribution >= 0.6 is 23.2 Å². The third-order valence-electron chi connectivity index (χ3n) is 5.74. The Morgan fingerprint density at radius 3 is 2.43 bits per heavy atom. The molecule has 3 aromatic rings. The standard InChI is InChI=1S/C26H28Cl2N4O4S/c1-17(2)37(33,34)32-25-30-11-9-21(31-25)16-36-22-7-5-19(6-8-22)26(3,4)20-13-18(15-29)24(23(28)14-20)35-12-10-27/h5-9,11,13-14,17H,10,12,16H2,1-4H3,(H,30,31,32). The van der Waals surface area contributed by atoms with E-state index in [9.17, 15) is 13.7 Å². The summed E-state index contributed by atoms with van der Waals surface area (Å²) in [4.78, 5) is 8.19. The molecule has 0 fully saturated rings. The van der Waals surface area contributed by atoms with Gasteiger partial charge in [-0.3, -0.25) is 4.72 Å². The number of ether oxygens (including phenoxy) is 2. The molecule has 2 aromatic carbocycles. The van der Waals surface area contributed by atoms with Crippen LogP contribution in [0.5, 0.6) is 11.5 Å². The number of aromatic nitrogens is 2.